The average Bonchev–Trinajstić information content (AvgIpc) is 3.18. The van der Waals surface area contributed by atoms with E-state index >= 15 is 0 Å². The first-order chi connectivity index (χ1) is 9.39. The Morgan fingerprint density at radius 1 is 1.00 bits per heavy atom. The maximum atomic E-state index is 4.27. The van der Waals surface area contributed by atoms with Gasteiger partial charge in [-0.3, -0.25) is 4.68 Å². The molecule has 2 bridgehead atoms. The molecule has 1 aromatic carbocycles. The van der Waals surface area contributed by atoms with Gasteiger partial charge in [0.25, 0.3) is 0 Å². The fraction of sp³-hybridized carbons (Fsp3) is 0.125. The number of hydrogen-bond donors (Lipinski definition) is 0. The summed E-state index contributed by atoms with van der Waals surface area (Å²) in [7, 11) is 0. The van der Waals surface area contributed by atoms with Crippen LogP contribution in [0.25, 0.3) is 0 Å². The van der Waals surface area contributed by atoms with Crippen molar-refractivity contribution in [2.45, 2.75) is 12.0 Å². The van der Waals surface area contributed by atoms with Crippen molar-refractivity contribution in [3.63, 3.8) is 0 Å². The standard InChI is InChI=1S/C16H13N3/c1-2-4-13(5-3-1)16(10-19-12-17-11-18-19)14-6-7-15(16)9-8-14/h1-9,11-12H,10H2. The summed E-state index contributed by atoms with van der Waals surface area (Å²) < 4.78 is 1.91. The van der Waals surface area contributed by atoms with Crippen molar-refractivity contribution < 1.29 is 0 Å². The van der Waals surface area contributed by atoms with Crippen molar-refractivity contribution in [1.82, 2.24) is 14.8 Å². The molecule has 92 valence electrons. The Hall–Kier alpha value is -2.42. The first kappa shape index (κ1) is 10.5. The zero-order valence-electron chi connectivity index (χ0n) is 10.4. The van der Waals surface area contributed by atoms with E-state index in [9.17, 15) is 0 Å². The molecule has 2 aliphatic carbocycles. The van der Waals surface area contributed by atoms with E-state index in [1.807, 2.05) is 4.68 Å². The Bertz CT molecular complexity index is 669. The highest BCUT2D eigenvalue weighted by Gasteiger charge is 2.43. The summed E-state index contributed by atoms with van der Waals surface area (Å²) in [6.07, 6.45) is 12.2. The fourth-order valence-corrected chi connectivity index (χ4v) is 3.09. The molecule has 0 saturated carbocycles. The van der Waals surface area contributed by atoms with E-state index in [0.717, 1.165) is 6.54 Å². The minimum absolute atomic E-state index is 0.0883. The van der Waals surface area contributed by atoms with E-state index in [1.165, 1.54) is 16.7 Å². The predicted octanol–water partition coefficient (Wildman–Crippen LogP) is 2.65. The van der Waals surface area contributed by atoms with Gasteiger partial charge in [0.15, 0.2) is 0 Å². The van der Waals surface area contributed by atoms with Gasteiger partial charge in [0.05, 0.1) is 12.0 Å². The van der Waals surface area contributed by atoms with Gasteiger partial charge in [-0.1, -0.05) is 54.6 Å². The largest absolute Gasteiger partial charge is 0.251 e. The fourth-order valence-electron chi connectivity index (χ4n) is 3.09. The zero-order valence-corrected chi connectivity index (χ0v) is 10.4. The zero-order chi connectivity index (χ0) is 12.7. The second kappa shape index (κ2) is 3.79. The maximum Gasteiger partial charge on any atom is 0.137 e. The van der Waals surface area contributed by atoms with Gasteiger partial charge >= 0.3 is 0 Å². The number of aromatic nitrogens is 3. The van der Waals surface area contributed by atoms with E-state index in [1.54, 1.807) is 12.7 Å². The molecule has 3 nitrogen and oxygen atoms in total. The summed E-state index contributed by atoms with van der Waals surface area (Å²) in [5.41, 5.74) is 3.90. The lowest BCUT2D eigenvalue weighted by Gasteiger charge is -2.30. The molecule has 1 aromatic heterocycles. The van der Waals surface area contributed by atoms with Crippen molar-refractivity contribution in [3.8, 4) is 0 Å². The van der Waals surface area contributed by atoms with Gasteiger partial charge in [-0.05, 0) is 16.7 Å². The second-order valence-electron chi connectivity index (χ2n) is 4.94. The molecular formula is C16H13N3. The molecule has 0 amide bonds. The van der Waals surface area contributed by atoms with Gasteiger partial charge in [-0.2, -0.15) is 5.10 Å². The summed E-state index contributed by atoms with van der Waals surface area (Å²) in [6, 6.07) is 10.6. The third kappa shape index (κ3) is 1.38. The van der Waals surface area contributed by atoms with Crippen LogP contribution in [-0.2, 0) is 12.0 Å². The monoisotopic (exact) mass is 247 g/mol. The molecule has 1 heterocycles. The molecule has 0 N–H and O–H groups in total. The molecular weight excluding hydrogens is 234 g/mol. The van der Waals surface area contributed by atoms with Gasteiger partial charge in [-0.15, -0.1) is 0 Å². The highest BCUT2D eigenvalue weighted by Crippen LogP contribution is 2.49. The quantitative estimate of drug-likeness (QED) is 0.834. The summed E-state index contributed by atoms with van der Waals surface area (Å²) >= 11 is 0. The van der Waals surface area contributed by atoms with E-state index in [2.05, 4.69) is 64.7 Å². The second-order valence-corrected chi connectivity index (χ2v) is 4.94. The van der Waals surface area contributed by atoms with E-state index < -0.39 is 0 Å². The predicted molar refractivity (Wildman–Crippen MR) is 73.4 cm³/mol. The topological polar surface area (TPSA) is 30.7 Å². The number of rotatable bonds is 3. The first-order valence-electron chi connectivity index (χ1n) is 6.38. The van der Waals surface area contributed by atoms with Gasteiger partial charge in [0.2, 0.25) is 0 Å². The van der Waals surface area contributed by atoms with Crippen LogP contribution in [0.5, 0.6) is 0 Å². The minimum Gasteiger partial charge on any atom is -0.251 e. The van der Waals surface area contributed by atoms with Crippen LogP contribution in [0, 0.1) is 0 Å². The molecule has 19 heavy (non-hydrogen) atoms. The van der Waals surface area contributed by atoms with Crippen LogP contribution < -0.4 is 0 Å². The number of nitrogens with zero attached hydrogens (tertiary/aromatic N) is 3. The van der Waals surface area contributed by atoms with Crippen LogP contribution in [-0.4, -0.2) is 14.8 Å². The third-order valence-electron chi connectivity index (χ3n) is 4.00. The van der Waals surface area contributed by atoms with Gasteiger partial charge in [-0.25, -0.2) is 4.98 Å². The van der Waals surface area contributed by atoms with Crippen LogP contribution >= 0.6 is 0 Å². The number of benzene rings is 1. The average molecular weight is 247 g/mol. The summed E-state index contributed by atoms with van der Waals surface area (Å²) in [4.78, 5) is 4.05. The summed E-state index contributed by atoms with van der Waals surface area (Å²) in [5, 5.41) is 4.27. The first-order valence-corrected chi connectivity index (χ1v) is 6.38. The van der Waals surface area contributed by atoms with Crippen molar-refractivity contribution in [2.24, 2.45) is 0 Å². The Labute approximate surface area is 111 Å². The molecule has 4 rings (SSSR count). The highest BCUT2D eigenvalue weighted by atomic mass is 15.3. The van der Waals surface area contributed by atoms with Gasteiger partial charge < -0.3 is 0 Å². The lowest BCUT2D eigenvalue weighted by Crippen LogP contribution is -2.31. The van der Waals surface area contributed by atoms with Crippen LogP contribution in [0.2, 0.25) is 0 Å². The van der Waals surface area contributed by atoms with Crippen LogP contribution in [0.1, 0.15) is 5.56 Å². The van der Waals surface area contributed by atoms with Crippen LogP contribution in [0.4, 0.5) is 0 Å². The molecule has 0 fully saturated rings. The van der Waals surface area contributed by atoms with E-state index in [-0.39, 0.29) is 5.41 Å². The molecule has 0 radical (unpaired) electrons. The number of fused-ring (bicyclic) bond motifs is 2. The van der Waals surface area contributed by atoms with Crippen molar-refractivity contribution in [1.29, 1.82) is 0 Å². The van der Waals surface area contributed by atoms with Crippen LogP contribution in [0.3, 0.4) is 0 Å². The third-order valence-corrected chi connectivity index (χ3v) is 4.00. The molecule has 0 aliphatic heterocycles. The Kier molecular flexibility index (Phi) is 2.09. The SMILES string of the molecule is C1=CC2=CC=C1C2(Cn1cncn1)c1ccccc1. The highest BCUT2D eigenvalue weighted by molar-refractivity contribution is 5.65. The molecule has 0 atom stereocenters. The minimum atomic E-state index is -0.0883. The summed E-state index contributed by atoms with van der Waals surface area (Å²) in [6.45, 7) is 0.793. The molecule has 2 aliphatic rings. The van der Waals surface area contributed by atoms with Crippen molar-refractivity contribution in [3.05, 3.63) is 84.0 Å². The molecule has 0 spiro atoms. The van der Waals surface area contributed by atoms with Crippen molar-refractivity contribution in [2.75, 3.05) is 0 Å². The van der Waals surface area contributed by atoms with Gasteiger partial charge in [0.1, 0.15) is 12.7 Å². The Morgan fingerprint density at radius 2 is 1.74 bits per heavy atom. The normalized spacial score (nSPS) is 18.5. The molecule has 0 saturated heterocycles. The number of allylic oxidation sites excluding steroid dienone is 6. The molecule has 3 heteroatoms. The molecule has 0 unspecified atom stereocenters. The Morgan fingerprint density at radius 3 is 2.32 bits per heavy atom. The van der Waals surface area contributed by atoms with E-state index in [0.29, 0.717) is 0 Å². The van der Waals surface area contributed by atoms with E-state index in [4.69, 9.17) is 0 Å². The smallest absolute Gasteiger partial charge is 0.137 e. The lowest BCUT2D eigenvalue weighted by atomic mass is 9.75. The maximum absolute atomic E-state index is 4.27. The molecule has 2 aromatic rings. The van der Waals surface area contributed by atoms with Gasteiger partial charge in [0, 0.05) is 0 Å². The lowest BCUT2D eigenvalue weighted by molar-refractivity contribution is 0.476. The number of hydrogen-bond acceptors (Lipinski definition) is 2. The summed E-state index contributed by atoms with van der Waals surface area (Å²) in [5.74, 6) is 0. The van der Waals surface area contributed by atoms with Crippen molar-refractivity contribution >= 4 is 0 Å². The van der Waals surface area contributed by atoms with Crippen LogP contribution in [0.15, 0.2) is 78.4 Å². The Balaban J connectivity index is 1.87.